The van der Waals surface area contributed by atoms with Gasteiger partial charge in [0.25, 0.3) is 0 Å². The molecule has 3 rings (SSSR count). The van der Waals surface area contributed by atoms with Gasteiger partial charge in [0.15, 0.2) is 0 Å². The van der Waals surface area contributed by atoms with Crippen LogP contribution in [0, 0.1) is 25.2 Å². The summed E-state index contributed by atoms with van der Waals surface area (Å²) in [5.41, 5.74) is 4.70. The van der Waals surface area contributed by atoms with E-state index in [-0.39, 0.29) is 11.3 Å². The van der Waals surface area contributed by atoms with Crippen molar-refractivity contribution >= 4 is 28.6 Å². The Hall–Kier alpha value is -3.63. The summed E-state index contributed by atoms with van der Waals surface area (Å²) in [6.45, 7) is 4.09. The number of nitriles is 1. The van der Waals surface area contributed by atoms with Gasteiger partial charge in [-0.25, -0.2) is 9.78 Å². The molecule has 3 aromatic rings. The number of thiazole rings is 1. The molecule has 0 aliphatic carbocycles. The number of hydrogen-bond acceptors (Lipinski definition) is 6. The van der Waals surface area contributed by atoms with Crippen molar-refractivity contribution in [1.82, 2.24) is 4.98 Å². The molecule has 0 saturated heterocycles. The molecule has 7 heteroatoms. The van der Waals surface area contributed by atoms with Gasteiger partial charge in [0.2, 0.25) is 0 Å². The summed E-state index contributed by atoms with van der Waals surface area (Å²) in [5, 5.41) is 33.5. The quantitative estimate of drug-likeness (QED) is 0.426. The van der Waals surface area contributed by atoms with Crippen LogP contribution in [-0.4, -0.2) is 21.2 Å². The van der Waals surface area contributed by atoms with Crippen LogP contribution in [0.25, 0.3) is 16.8 Å². The van der Waals surface area contributed by atoms with Crippen LogP contribution in [0.2, 0.25) is 0 Å². The molecule has 0 atom stereocenters. The maximum absolute atomic E-state index is 11.1. The molecule has 0 radical (unpaired) electrons. The number of carbonyl (C=O) groups is 1. The Morgan fingerprint density at radius 2 is 2.00 bits per heavy atom. The second-order valence-corrected chi connectivity index (χ2v) is 7.05. The average Bonchev–Trinajstić information content (AvgIpc) is 3.15. The van der Waals surface area contributed by atoms with Crippen LogP contribution in [0.5, 0.6) is 5.75 Å². The van der Waals surface area contributed by atoms with Crippen LogP contribution >= 0.6 is 11.3 Å². The van der Waals surface area contributed by atoms with Gasteiger partial charge < -0.3 is 15.5 Å². The molecule has 28 heavy (non-hydrogen) atoms. The van der Waals surface area contributed by atoms with E-state index in [0.717, 1.165) is 11.3 Å². The van der Waals surface area contributed by atoms with Crippen molar-refractivity contribution in [3.05, 3.63) is 69.7 Å². The number of anilines is 1. The number of nitrogens with one attached hydrogen (secondary N) is 1. The predicted molar refractivity (Wildman–Crippen MR) is 109 cm³/mol. The van der Waals surface area contributed by atoms with Crippen LogP contribution in [0.1, 0.15) is 26.5 Å². The fraction of sp³-hybridized carbons (Fsp3) is 0.0952. The third kappa shape index (κ3) is 4.03. The summed E-state index contributed by atoms with van der Waals surface area (Å²) < 4.78 is 0. The lowest BCUT2D eigenvalue weighted by molar-refractivity contribution is 0.0694. The van der Waals surface area contributed by atoms with Crippen molar-refractivity contribution in [1.29, 1.82) is 5.26 Å². The Bertz CT molecular complexity index is 1130. The van der Waals surface area contributed by atoms with Crippen molar-refractivity contribution in [3.63, 3.8) is 0 Å². The van der Waals surface area contributed by atoms with Gasteiger partial charge in [0.05, 0.1) is 5.69 Å². The summed E-state index contributed by atoms with van der Waals surface area (Å²) in [4.78, 5) is 15.7. The Morgan fingerprint density at radius 3 is 2.68 bits per heavy atom. The van der Waals surface area contributed by atoms with Crippen LogP contribution in [0.3, 0.4) is 0 Å². The topological polar surface area (TPSA) is 106 Å². The number of aromatic nitrogens is 1. The molecular formula is C21H17N3O3S. The largest absolute Gasteiger partial charge is 0.507 e. The number of rotatable bonds is 5. The standard InChI is InChI=1S/C21H17N3O3S/c1-12-3-4-14(7-13(12)2)18-11-28-20(24-18)15(9-22)10-23-16-5-6-19(25)17(8-16)21(26)27/h3-8,10-11,23,25H,1-2H3,(H,26,27)/b15-10+. The van der Waals surface area contributed by atoms with Gasteiger partial charge in [-0.05, 0) is 49.2 Å². The van der Waals surface area contributed by atoms with Gasteiger partial charge in [-0.15, -0.1) is 11.3 Å². The van der Waals surface area contributed by atoms with Crippen molar-refractivity contribution in [3.8, 4) is 23.1 Å². The molecule has 0 unspecified atom stereocenters. The van der Waals surface area contributed by atoms with E-state index in [1.165, 1.54) is 46.9 Å². The van der Waals surface area contributed by atoms with Gasteiger partial charge >= 0.3 is 5.97 Å². The highest BCUT2D eigenvalue weighted by Gasteiger charge is 2.12. The van der Waals surface area contributed by atoms with Crippen LogP contribution in [0.4, 0.5) is 5.69 Å². The molecule has 2 aromatic carbocycles. The number of carboxylic acid groups (broad SMARTS) is 1. The molecule has 0 bridgehead atoms. The maximum Gasteiger partial charge on any atom is 0.339 e. The molecule has 0 amide bonds. The van der Waals surface area contributed by atoms with E-state index in [2.05, 4.69) is 22.4 Å². The van der Waals surface area contributed by atoms with Crippen molar-refractivity contribution < 1.29 is 15.0 Å². The van der Waals surface area contributed by atoms with Gasteiger partial charge in [-0.1, -0.05) is 12.1 Å². The smallest absolute Gasteiger partial charge is 0.339 e. The second kappa shape index (κ2) is 7.94. The van der Waals surface area contributed by atoms with Gasteiger partial charge in [0.1, 0.15) is 28.0 Å². The minimum absolute atomic E-state index is 0.219. The number of hydrogen-bond donors (Lipinski definition) is 3. The molecule has 1 heterocycles. The summed E-state index contributed by atoms with van der Waals surface area (Å²) in [7, 11) is 0. The monoisotopic (exact) mass is 391 g/mol. The first-order valence-electron chi connectivity index (χ1n) is 8.35. The molecule has 0 aliphatic rings. The average molecular weight is 391 g/mol. The molecule has 6 nitrogen and oxygen atoms in total. The minimum Gasteiger partial charge on any atom is -0.507 e. The number of aromatic carboxylic acids is 1. The second-order valence-electron chi connectivity index (χ2n) is 6.19. The molecule has 0 saturated carbocycles. The molecule has 140 valence electrons. The zero-order chi connectivity index (χ0) is 20.3. The number of benzene rings is 2. The number of nitrogens with zero attached hydrogens (tertiary/aromatic N) is 2. The first-order valence-corrected chi connectivity index (χ1v) is 9.23. The lowest BCUT2D eigenvalue weighted by atomic mass is 10.1. The van der Waals surface area contributed by atoms with E-state index in [1.54, 1.807) is 0 Å². The van der Waals surface area contributed by atoms with E-state index in [9.17, 15) is 15.2 Å². The van der Waals surface area contributed by atoms with E-state index in [4.69, 9.17) is 5.11 Å². The van der Waals surface area contributed by atoms with Gasteiger partial charge in [-0.2, -0.15) is 5.26 Å². The predicted octanol–water partition coefficient (Wildman–Crippen LogP) is 4.81. The number of aryl methyl sites for hydroxylation is 2. The number of carboxylic acids is 1. The van der Waals surface area contributed by atoms with Gasteiger partial charge in [0, 0.05) is 22.8 Å². The first-order chi connectivity index (χ1) is 13.4. The fourth-order valence-electron chi connectivity index (χ4n) is 2.53. The lowest BCUT2D eigenvalue weighted by Crippen LogP contribution is -1.98. The Balaban J connectivity index is 1.85. The zero-order valence-electron chi connectivity index (χ0n) is 15.2. The van der Waals surface area contributed by atoms with E-state index in [0.29, 0.717) is 16.3 Å². The van der Waals surface area contributed by atoms with E-state index >= 15 is 0 Å². The number of phenols is 1. The highest BCUT2D eigenvalue weighted by atomic mass is 32.1. The van der Waals surface area contributed by atoms with Crippen LogP contribution < -0.4 is 5.32 Å². The van der Waals surface area contributed by atoms with E-state index < -0.39 is 5.97 Å². The zero-order valence-corrected chi connectivity index (χ0v) is 16.0. The Morgan fingerprint density at radius 1 is 1.21 bits per heavy atom. The Kier molecular flexibility index (Phi) is 5.43. The molecule has 0 spiro atoms. The van der Waals surface area contributed by atoms with Crippen molar-refractivity contribution in [2.75, 3.05) is 5.32 Å². The normalized spacial score (nSPS) is 11.1. The summed E-state index contributed by atoms with van der Waals surface area (Å²) in [5.74, 6) is -1.55. The fourth-order valence-corrected chi connectivity index (χ4v) is 3.32. The minimum atomic E-state index is -1.23. The number of aromatic hydroxyl groups is 1. The summed E-state index contributed by atoms with van der Waals surface area (Å²) in [6, 6.07) is 12.3. The molecule has 1 aromatic heterocycles. The summed E-state index contributed by atoms with van der Waals surface area (Å²) in [6.07, 6.45) is 1.47. The third-order valence-electron chi connectivity index (χ3n) is 4.27. The van der Waals surface area contributed by atoms with Crippen molar-refractivity contribution in [2.24, 2.45) is 0 Å². The van der Waals surface area contributed by atoms with E-state index in [1.807, 2.05) is 31.4 Å². The maximum atomic E-state index is 11.1. The molecule has 0 fully saturated rings. The Labute approximate surface area is 166 Å². The lowest BCUT2D eigenvalue weighted by Gasteiger charge is -2.05. The highest BCUT2D eigenvalue weighted by Crippen LogP contribution is 2.28. The van der Waals surface area contributed by atoms with Crippen LogP contribution in [0.15, 0.2) is 48.0 Å². The summed E-state index contributed by atoms with van der Waals surface area (Å²) >= 11 is 1.36. The highest BCUT2D eigenvalue weighted by molar-refractivity contribution is 7.11. The van der Waals surface area contributed by atoms with Crippen LogP contribution in [-0.2, 0) is 0 Å². The van der Waals surface area contributed by atoms with Crippen molar-refractivity contribution in [2.45, 2.75) is 13.8 Å². The molecule has 3 N–H and O–H groups in total. The first kappa shape index (κ1) is 19.1. The SMILES string of the molecule is Cc1ccc(-c2csc(/C(C#N)=C/Nc3ccc(O)c(C(=O)O)c3)n2)cc1C. The molecular weight excluding hydrogens is 374 g/mol. The molecule has 0 aliphatic heterocycles. The number of allylic oxidation sites excluding steroid dienone is 1. The third-order valence-corrected chi connectivity index (χ3v) is 5.14. The van der Waals surface area contributed by atoms with Gasteiger partial charge in [-0.3, -0.25) is 0 Å².